The van der Waals surface area contributed by atoms with Gasteiger partial charge in [0.05, 0.1) is 0 Å². The molecule has 0 aromatic heterocycles. The number of benzene rings is 1. The zero-order chi connectivity index (χ0) is 11.5. The molecule has 16 heavy (non-hydrogen) atoms. The maximum atomic E-state index is 12.8. The van der Waals surface area contributed by atoms with E-state index >= 15 is 0 Å². The Morgan fingerprint density at radius 1 is 1.38 bits per heavy atom. The predicted octanol–water partition coefficient (Wildman–Crippen LogP) is 2.23. The van der Waals surface area contributed by atoms with Crippen molar-refractivity contribution >= 4 is 12.2 Å². The van der Waals surface area contributed by atoms with Crippen molar-refractivity contribution in [1.82, 2.24) is 0 Å². The van der Waals surface area contributed by atoms with E-state index in [1.165, 1.54) is 12.1 Å². The van der Waals surface area contributed by atoms with E-state index in [2.05, 4.69) is 4.99 Å². The molecule has 0 bridgehead atoms. The first kappa shape index (κ1) is 10.8. The van der Waals surface area contributed by atoms with Crippen LogP contribution in [0.1, 0.15) is 24.3 Å². The lowest BCUT2D eigenvalue weighted by molar-refractivity contribution is -0.139. The first-order valence-corrected chi connectivity index (χ1v) is 5.18. The van der Waals surface area contributed by atoms with Crippen LogP contribution in [0.2, 0.25) is 0 Å². The van der Waals surface area contributed by atoms with Gasteiger partial charge in [-0.1, -0.05) is 12.1 Å². The van der Waals surface area contributed by atoms with E-state index < -0.39 is 12.0 Å². The molecule has 1 aliphatic rings. The standard InChI is InChI=1S/C12H12FNO2/c13-9-5-3-8(4-6-9)10-2-1-7-14-11(10)12(15)16/h3-7,10-11H,1-2H2,(H,15,16)/t10-,11+/m1/s1. The second-order valence-corrected chi connectivity index (χ2v) is 3.85. The number of carboxylic acids is 1. The summed E-state index contributed by atoms with van der Waals surface area (Å²) in [4.78, 5) is 15.0. The maximum Gasteiger partial charge on any atom is 0.329 e. The van der Waals surface area contributed by atoms with Gasteiger partial charge in [0.25, 0.3) is 0 Å². The Bertz CT molecular complexity index is 414. The van der Waals surface area contributed by atoms with Crippen LogP contribution in [0.3, 0.4) is 0 Å². The van der Waals surface area contributed by atoms with Crippen molar-refractivity contribution in [3.63, 3.8) is 0 Å². The van der Waals surface area contributed by atoms with Crippen molar-refractivity contribution in [3.8, 4) is 0 Å². The molecule has 0 aliphatic carbocycles. The number of hydrogen-bond acceptors (Lipinski definition) is 2. The van der Waals surface area contributed by atoms with E-state index in [1.807, 2.05) is 0 Å². The second kappa shape index (κ2) is 4.43. The molecule has 1 N–H and O–H groups in total. The van der Waals surface area contributed by atoms with Gasteiger partial charge in [0.1, 0.15) is 5.82 Å². The number of rotatable bonds is 2. The van der Waals surface area contributed by atoms with Gasteiger partial charge in [-0.25, -0.2) is 9.18 Å². The summed E-state index contributed by atoms with van der Waals surface area (Å²) in [6.07, 6.45) is 3.16. The summed E-state index contributed by atoms with van der Waals surface area (Å²) in [5, 5.41) is 9.04. The summed E-state index contributed by atoms with van der Waals surface area (Å²) in [5.41, 5.74) is 0.839. The van der Waals surface area contributed by atoms with Gasteiger partial charge in [-0.15, -0.1) is 0 Å². The summed E-state index contributed by atoms with van der Waals surface area (Å²) in [6, 6.07) is 5.24. The van der Waals surface area contributed by atoms with E-state index in [9.17, 15) is 9.18 Å². The van der Waals surface area contributed by atoms with Crippen molar-refractivity contribution < 1.29 is 14.3 Å². The fourth-order valence-electron chi connectivity index (χ4n) is 2.00. The summed E-state index contributed by atoms with van der Waals surface area (Å²) in [7, 11) is 0. The number of aliphatic carboxylic acids is 1. The van der Waals surface area contributed by atoms with Crippen LogP contribution in [-0.2, 0) is 4.79 Å². The lowest BCUT2D eigenvalue weighted by Crippen LogP contribution is -2.29. The Morgan fingerprint density at radius 3 is 2.69 bits per heavy atom. The highest BCUT2D eigenvalue weighted by atomic mass is 19.1. The molecule has 3 nitrogen and oxygen atoms in total. The molecule has 1 aromatic rings. The molecule has 0 spiro atoms. The highest BCUT2D eigenvalue weighted by molar-refractivity contribution is 5.78. The lowest BCUT2D eigenvalue weighted by atomic mass is 9.86. The predicted molar refractivity (Wildman–Crippen MR) is 58.3 cm³/mol. The molecule has 4 heteroatoms. The van der Waals surface area contributed by atoms with Crippen LogP contribution in [0.25, 0.3) is 0 Å². The minimum absolute atomic E-state index is 0.150. The number of nitrogens with zero attached hydrogens (tertiary/aromatic N) is 1. The van der Waals surface area contributed by atoms with Crippen molar-refractivity contribution in [1.29, 1.82) is 0 Å². The summed E-state index contributed by atoms with van der Waals surface area (Å²) >= 11 is 0. The molecular formula is C12H12FNO2. The van der Waals surface area contributed by atoms with Crippen LogP contribution in [0.15, 0.2) is 29.3 Å². The normalized spacial score (nSPS) is 24.3. The Morgan fingerprint density at radius 2 is 2.06 bits per heavy atom. The summed E-state index contributed by atoms with van der Waals surface area (Å²) in [5.74, 6) is -1.39. The van der Waals surface area contributed by atoms with E-state index in [1.54, 1.807) is 18.3 Å². The van der Waals surface area contributed by atoms with Crippen molar-refractivity contribution in [2.45, 2.75) is 24.8 Å². The smallest absolute Gasteiger partial charge is 0.329 e. The molecular weight excluding hydrogens is 209 g/mol. The van der Waals surface area contributed by atoms with Gasteiger partial charge >= 0.3 is 5.97 Å². The molecule has 0 fully saturated rings. The first-order chi connectivity index (χ1) is 7.68. The molecule has 1 heterocycles. The number of aliphatic imine (C=N–C) groups is 1. The van der Waals surface area contributed by atoms with Crippen LogP contribution >= 0.6 is 0 Å². The number of halogens is 1. The number of carbonyl (C=O) groups is 1. The van der Waals surface area contributed by atoms with Crippen LogP contribution in [-0.4, -0.2) is 23.3 Å². The van der Waals surface area contributed by atoms with Gasteiger partial charge in [0.15, 0.2) is 6.04 Å². The first-order valence-electron chi connectivity index (χ1n) is 5.18. The molecule has 0 radical (unpaired) electrons. The van der Waals surface area contributed by atoms with Crippen LogP contribution in [0, 0.1) is 5.82 Å². The zero-order valence-corrected chi connectivity index (χ0v) is 8.64. The second-order valence-electron chi connectivity index (χ2n) is 3.85. The molecule has 84 valence electrons. The van der Waals surface area contributed by atoms with E-state index in [-0.39, 0.29) is 11.7 Å². The average molecular weight is 221 g/mol. The number of hydrogen-bond donors (Lipinski definition) is 1. The quantitative estimate of drug-likeness (QED) is 0.832. The molecule has 0 unspecified atom stereocenters. The van der Waals surface area contributed by atoms with E-state index in [0.717, 1.165) is 18.4 Å². The molecule has 1 aliphatic heterocycles. The van der Waals surface area contributed by atoms with Crippen molar-refractivity contribution in [2.75, 3.05) is 0 Å². The highest BCUT2D eigenvalue weighted by Gasteiger charge is 2.30. The third kappa shape index (κ3) is 2.10. The Labute approximate surface area is 92.6 Å². The molecule has 0 saturated heterocycles. The van der Waals surface area contributed by atoms with E-state index in [0.29, 0.717) is 0 Å². The minimum Gasteiger partial charge on any atom is -0.480 e. The van der Waals surface area contributed by atoms with Gasteiger partial charge in [-0.3, -0.25) is 4.99 Å². The van der Waals surface area contributed by atoms with Gasteiger partial charge in [-0.05, 0) is 36.8 Å². The Kier molecular flexibility index (Phi) is 2.99. The largest absolute Gasteiger partial charge is 0.480 e. The van der Waals surface area contributed by atoms with Gasteiger partial charge in [-0.2, -0.15) is 0 Å². The maximum absolute atomic E-state index is 12.8. The third-order valence-corrected chi connectivity index (χ3v) is 2.81. The molecule has 2 atom stereocenters. The third-order valence-electron chi connectivity index (χ3n) is 2.81. The number of carboxylic acid groups (broad SMARTS) is 1. The summed E-state index contributed by atoms with van der Waals surface area (Å²) in [6.45, 7) is 0. The zero-order valence-electron chi connectivity index (χ0n) is 8.64. The molecule has 1 aromatic carbocycles. The molecule has 0 saturated carbocycles. The fraction of sp³-hybridized carbons (Fsp3) is 0.333. The SMILES string of the molecule is O=C(O)[C@H]1N=CCC[C@@H]1c1ccc(F)cc1. The summed E-state index contributed by atoms with van der Waals surface area (Å²) < 4.78 is 12.8. The van der Waals surface area contributed by atoms with Crippen LogP contribution in [0.5, 0.6) is 0 Å². The van der Waals surface area contributed by atoms with Gasteiger partial charge < -0.3 is 5.11 Å². The van der Waals surface area contributed by atoms with Crippen molar-refractivity contribution in [2.24, 2.45) is 4.99 Å². The van der Waals surface area contributed by atoms with Crippen molar-refractivity contribution in [3.05, 3.63) is 35.6 Å². The minimum atomic E-state index is -0.926. The average Bonchev–Trinajstić information content (AvgIpc) is 2.30. The van der Waals surface area contributed by atoms with Crippen LogP contribution in [0.4, 0.5) is 4.39 Å². The Hall–Kier alpha value is -1.71. The fourth-order valence-corrected chi connectivity index (χ4v) is 2.00. The highest BCUT2D eigenvalue weighted by Crippen LogP contribution is 2.29. The van der Waals surface area contributed by atoms with E-state index in [4.69, 9.17) is 5.11 Å². The van der Waals surface area contributed by atoms with Gasteiger partial charge in [0, 0.05) is 5.92 Å². The monoisotopic (exact) mass is 221 g/mol. The topological polar surface area (TPSA) is 49.7 Å². The van der Waals surface area contributed by atoms with Crippen LogP contribution < -0.4 is 0 Å². The Balaban J connectivity index is 2.28. The molecule has 2 rings (SSSR count). The molecule has 0 amide bonds. The van der Waals surface area contributed by atoms with Gasteiger partial charge in [0.2, 0.25) is 0 Å². The lowest BCUT2D eigenvalue weighted by Gasteiger charge is -2.24.